The van der Waals surface area contributed by atoms with E-state index in [1.54, 1.807) is 7.11 Å². The number of carboxylic acid groups (broad SMARTS) is 1. The van der Waals surface area contributed by atoms with E-state index in [0.29, 0.717) is 12.8 Å². The Morgan fingerprint density at radius 2 is 1.95 bits per heavy atom. The van der Waals surface area contributed by atoms with Crippen LogP contribution in [0.1, 0.15) is 47.9 Å². The molecule has 1 aliphatic rings. The van der Waals surface area contributed by atoms with Gasteiger partial charge in [0, 0.05) is 6.42 Å². The number of carbonyl (C=O) groups is 1. The summed E-state index contributed by atoms with van der Waals surface area (Å²) in [6.45, 7) is 2.11. The Bertz CT molecular complexity index is 523. The van der Waals surface area contributed by atoms with Gasteiger partial charge in [-0.15, -0.1) is 0 Å². The van der Waals surface area contributed by atoms with Crippen molar-refractivity contribution in [3.8, 4) is 5.75 Å². The van der Waals surface area contributed by atoms with Crippen LogP contribution in [-0.4, -0.2) is 18.2 Å². The highest BCUT2D eigenvalue weighted by Gasteiger charge is 2.23. The Kier molecular flexibility index (Phi) is 4.92. The Labute approximate surface area is 124 Å². The van der Waals surface area contributed by atoms with E-state index < -0.39 is 5.97 Å². The van der Waals surface area contributed by atoms with Crippen LogP contribution in [0.25, 0.3) is 0 Å². The molecule has 0 saturated heterocycles. The first kappa shape index (κ1) is 15.2. The van der Waals surface area contributed by atoms with Crippen molar-refractivity contribution in [3.05, 3.63) is 27.3 Å². The summed E-state index contributed by atoms with van der Waals surface area (Å²) in [5.74, 6) is -0.0131. The summed E-state index contributed by atoms with van der Waals surface area (Å²) >= 11 is 6.50. The molecule has 4 heteroatoms. The Morgan fingerprint density at radius 1 is 1.30 bits per heavy atom. The van der Waals surface area contributed by atoms with Gasteiger partial charge in [0.15, 0.2) is 0 Å². The van der Waals surface area contributed by atoms with Crippen molar-refractivity contribution in [2.24, 2.45) is 0 Å². The third-order valence-corrected chi connectivity index (χ3v) is 4.53. The van der Waals surface area contributed by atoms with Crippen LogP contribution < -0.4 is 4.74 Å². The summed E-state index contributed by atoms with van der Waals surface area (Å²) in [6.07, 6.45) is 5.95. The minimum absolute atomic E-state index is 0.178. The van der Waals surface area contributed by atoms with Gasteiger partial charge in [0.2, 0.25) is 0 Å². The van der Waals surface area contributed by atoms with Gasteiger partial charge in [0.05, 0.1) is 12.1 Å². The van der Waals surface area contributed by atoms with E-state index in [4.69, 9.17) is 21.4 Å². The highest BCUT2D eigenvalue weighted by atomic mass is 35.5. The SMILES string of the molecule is COc1c(Cl)c2c(c(C)c1CCCC(=O)O)CCCC2. The van der Waals surface area contributed by atoms with Gasteiger partial charge in [-0.3, -0.25) is 4.79 Å². The molecule has 0 heterocycles. The molecule has 0 amide bonds. The van der Waals surface area contributed by atoms with Crippen LogP contribution in [0.3, 0.4) is 0 Å². The van der Waals surface area contributed by atoms with Gasteiger partial charge in [-0.2, -0.15) is 0 Å². The number of halogens is 1. The van der Waals surface area contributed by atoms with Crippen molar-refractivity contribution in [2.45, 2.75) is 51.9 Å². The molecular weight excluding hydrogens is 276 g/mol. The lowest BCUT2D eigenvalue weighted by Gasteiger charge is -2.24. The number of methoxy groups -OCH3 is 1. The molecule has 0 bridgehead atoms. The summed E-state index contributed by atoms with van der Waals surface area (Å²) in [7, 11) is 1.64. The molecule has 1 N–H and O–H groups in total. The van der Waals surface area contributed by atoms with Gasteiger partial charge >= 0.3 is 5.97 Å². The smallest absolute Gasteiger partial charge is 0.303 e. The van der Waals surface area contributed by atoms with Gasteiger partial charge in [0.1, 0.15) is 5.75 Å². The number of carboxylic acids is 1. The predicted octanol–water partition coefficient (Wildman–Crippen LogP) is 3.94. The van der Waals surface area contributed by atoms with E-state index in [9.17, 15) is 4.79 Å². The molecular formula is C16H21ClO3. The van der Waals surface area contributed by atoms with Crippen LogP contribution in [0.15, 0.2) is 0 Å². The fourth-order valence-electron chi connectivity index (χ4n) is 3.11. The molecule has 1 aliphatic carbocycles. The maximum Gasteiger partial charge on any atom is 0.303 e. The first-order valence-corrected chi connectivity index (χ1v) is 7.52. The molecule has 2 rings (SSSR count). The zero-order valence-corrected chi connectivity index (χ0v) is 12.8. The van der Waals surface area contributed by atoms with Crippen molar-refractivity contribution < 1.29 is 14.6 Å². The van der Waals surface area contributed by atoms with E-state index in [-0.39, 0.29) is 6.42 Å². The average Bonchev–Trinajstić information content (AvgIpc) is 2.44. The van der Waals surface area contributed by atoms with E-state index >= 15 is 0 Å². The second-order valence-corrected chi connectivity index (χ2v) is 5.74. The Morgan fingerprint density at radius 3 is 2.55 bits per heavy atom. The third kappa shape index (κ3) is 2.93. The van der Waals surface area contributed by atoms with Gasteiger partial charge in [-0.25, -0.2) is 0 Å². The molecule has 0 spiro atoms. The monoisotopic (exact) mass is 296 g/mol. The standard InChI is InChI=1S/C16H21ClO3/c1-10-11-6-3-4-7-13(11)15(17)16(20-2)12(10)8-5-9-14(18)19/h3-9H2,1-2H3,(H,18,19). The number of fused-ring (bicyclic) bond motifs is 1. The van der Waals surface area contributed by atoms with Crippen molar-refractivity contribution >= 4 is 17.6 Å². The number of rotatable bonds is 5. The van der Waals surface area contributed by atoms with Gasteiger partial charge in [0.25, 0.3) is 0 Å². The van der Waals surface area contributed by atoms with Crippen molar-refractivity contribution in [1.82, 2.24) is 0 Å². The predicted molar refractivity (Wildman–Crippen MR) is 80.0 cm³/mol. The molecule has 0 atom stereocenters. The average molecular weight is 297 g/mol. The van der Waals surface area contributed by atoms with Crippen LogP contribution in [0.4, 0.5) is 0 Å². The molecule has 0 unspecified atom stereocenters. The highest BCUT2D eigenvalue weighted by molar-refractivity contribution is 6.33. The summed E-state index contributed by atoms with van der Waals surface area (Å²) in [6, 6.07) is 0. The van der Waals surface area contributed by atoms with E-state index in [1.807, 2.05) is 0 Å². The van der Waals surface area contributed by atoms with Crippen LogP contribution in [-0.2, 0) is 24.1 Å². The van der Waals surface area contributed by atoms with Crippen molar-refractivity contribution in [2.75, 3.05) is 7.11 Å². The highest BCUT2D eigenvalue weighted by Crippen LogP contribution is 2.41. The normalized spacial score (nSPS) is 13.9. The van der Waals surface area contributed by atoms with E-state index in [2.05, 4.69) is 6.92 Å². The number of aliphatic carboxylic acids is 1. The van der Waals surface area contributed by atoms with E-state index in [0.717, 1.165) is 29.2 Å². The van der Waals surface area contributed by atoms with Crippen molar-refractivity contribution in [3.63, 3.8) is 0 Å². The topological polar surface area (TPSA) is 46.5 Å². The Balaban J connectivity index is 2.38. The number of benzene rings is 1. The first-order valence-electron chi connectivity index (χ1n) is 7.14. The summed E-state index contributed by atoms with van der Waals surface area (Å²) in [4.78, 5) is 10.7. The lowest BCUT2D eigenvalue weighted by molar-refractivity contribution is -0.137. The van der Waals surface area contributed by atoms with Gasteiger partial charge in [-0.1, -0.05) is 11.6 Å². The Hall–Kier alpha value is -1.22. The van der Waals surface area contributed by atoms with Crippen LogP contribution in [0.5, 0.6) is 5.75 Å². The van der Waals surface area contributed by atoms with Crippen LogP contribution in [0.2, 0.25) is 5.02 Å². The third-order valence-electron chi connectivity index (χ3n) is 4.13. The van der Waals surface area contributed by atoms with Crippen LogP contribution >= 0.6 is 11.6 Å². The summed E-state index contributed by atoms with van der Waals surface area (Å²) in [5, 5.41) is 9.51. The lowest BCUT2D eigenvalue weighted by atomic mass is 9.84. The molecule has 3 nitrogen and oxygen atoms in total. The lowest BCUT2D eigenvalue weighted by Crippen LogP contribution is -2.10. The van der Waals surface area contributed by atoms with Crippen molar-refractivity contribution in [1.29, 1.82) is 0 Å². The zero-order valence-electron chi connectivity index (χ0n) is 12.1. The first-order chi connectivity index (χ1) is 9.56. The zero-order chi connectivity index (χ0) is 14.7. The van der Waals surface area contributed by atoms with Gasteiger partial charge < -0.3 is 9.84 Å². The molecule has 1 aromatic carbocycles. The minimum Gasteiger partial charge on any atom is -0.495 e. The summed E-state index contributed by atoms with van der Waals surface area (Å²) in [5.41, 5.74) is 4.91. The fraction of sp³-hybridized carbons (Fsp3) is 0.562. The molecule has 0 aliphatic heterocycles. The molecule has 110 valence electrons. The second kappa shape index (κ2) is 6.49. The number of hydrogen-bond donors (Lipinski definition) is 1. The van der Waals surface area contributed by atoms with E-state index in [1.165, 1.54) is 29.5 Å². The maximum atomic E-state index is 10.7. The maximum absolute atomic E-state index is 10.7. The molecule has 0 saturated carbocycles. The minimum atomic E-state index is -0.759. The molecule has 0 fully saturated rings. The second-order valence-electron chi connectivity index (χ2n) is 5.36. The van der Waals surface area contributed by atoms with Gasteiger partial charge in [-0.05, 0) is 67.7 Å². The molecule has 20 heavy (non-hydrogen) atoms. The largest absolute Gasteiger partial charge is 0.495 e. The molecule has 1 aromatic rings. The fourth-order valence-corrected chi connectivity index (χ4v) is 3.51. The quantitative estimate of drug-likeness (QED) is 0.895. The molecule has 0 radical (unpaired) electrons. The number of ether oxygens (including phenoxy) is 1. The molecule has 0 aromatic heterocycles. The van der Waals surface area contributed by atoms with Crippen LogP contribution in [0, 0.1) is 6.92 Å². The summed E-state index contributed by atoms with van der Waals surface area (Å²) < 4.78 is 5.50. The number of hydrogen-bond acceptors (Lipinski definition) is 2.